The summed E-state index contributed by atoms with van der Waals surface area (Å²) >= 11 is 0. The fourth-order valence-electron chi connectivity index (χ4n) is 4.31. The quantitative estimate of drug-likeness (QED) is 0.0903. The summed E-state index contributed by atoms with van der Waals surface area (Å²) in [6.45, 7) is 5.39. The Morgan fingerprint density at radius 1 is 0.645 bits per heavy atom. The zero-order valence-corrected chi connectivity index (χ0v) is 22.3. The van der Waals surface area contributed by atoms with Crippen molar-refractivity contribution >= 4 is 10.1 Å². The summed E-state index contributed by atoms with van der Waals surface area (Å²) in [5.41, 5.74) is 0. The normalized spacial score (nSPS) is 13.6. The van der Waals surface area contributed by atoms with Crippen molar-refractivity contribution in [3.05, 3.63) is 0 Å². The maximum Gasteiger partial charge on any atom is 0.0948 e. The van der Waals surface area contributed by atoms with E-state index in [-0.39, 0.29) is 11.8 Å². The lowest BCUT2D eigenvalue weighted by Gasteiger charge is -2.36. The number of nitrogens with zero attached hydrogens (tertiary/aromatic N) is 1. The first-order valence-corrected chi connectivity index (χ1v) is 15.0. The first-order chi connectivity index (χ1) is 14.7. The maximum absolute atomic E-state index is 10.8. The van der Waals surface area contributed by atoms with Gasteiger partial charge in [0.05, 0.1) is 36.8 Å². The van der Waals surface area contributed by atoms with Crippen LogP contribution in [0.25, 0.3) is 0 Å². The number of hydrogen-bond acceptors (Lipinski definition) is 3. The molecule has 31 heavy (non-hydrogen) atoms. The number of quaternary nitrogens is 1. The van der Waals surface area contributed by atoms with E-state index in [1.807, 2.05) is 0 Å². The van der Waals surface area contributed by atoms with Crippen molar-refractivity contribution in [2.45, 2.75) is 142 Å². The van der Waals surface area contributed by atoms with Gasteiger partial charge in [0.25, 0.3) is 0 Å². The molecule has 0 saturated carbocycles. The Labute approximate surface area is 195 Å². The van der Waals surface area contributed by atoms with Gasteiger partial charge in [0.1, 0.15) is 0 Å². The average Bonchev–Trinajstić information content (AvgIpc) is 2.70. The van der Waals surface area contributed by atoms with E-state index in [0.717, 1.165) is 11.0 Å². The van der Waals surface area contributed by atoms with Gasteiger partial charge in [-0.3, -0.25) is 0 Å². The van der Waals surface area contributed by atoms with Gasteiger partial charge < -0.3 is 9.04 Å². The predicted molar refractivity (Wildman–Crippen MR) is 134 cm³/mol. The predicted octanol–water partition coefficient (Wildman–Crippen LogP) is 7.43. The first kappa shape index (κ1) is 30.9. The first-order valence-electron chi connectivity index (χ1n) is 13.5. The molecule has 4 nitrogen and oxygen atoms in total. The smallest absolute Gasteiger partial charge is 0.0948 e. The summed E-state index contributed by atoms with van der Waals surface area (Å²) in [4.78, 5) is 0. The largest absolute Gasteiger partial charge is 0.748 e. The van der Waals surface area contributed by atoms with Crippen LogP contribution >= 0.6 is 0 Å². The van der Waals surface area contributed by atoms with Gasteiger partial charge in [0.15, 0.2) is 0 Å². The topological polar surface area (TPSA) is 57.2 Å². The van der Waals surface area contributed by atoms with E-state index in [1.165, 1.54) is 116 Å². The van der Waals surface area contributed by atoms with Gasteiger partial charge >= 0.3 is 0 Å². The lowest BCUT2D eigenvalue weighted by molar-refractivity contribution is -0.913. The van der Waals surface area contributed by atoms with Crippen molar-refractivity contribution in [3.8, 4) is 0 Å². The standard InChI is InChI=1S/C26H55NO3S/c1-5-6-7-8-9-10-11-12-13-14-15-16-17-18-19-20-21-22-24-27(3,4)26(2)23-25-31(28,29)30/h26H,5-25H2,1-4H3/t26-/m0/s1. The molecule has 0 radical (unpaired) electrons. The summed E-state index contributed by atoms with van der Waals surface area (Å²) in [6, 6.07) is 0.203. The molecule has 0 heterocycles. The van der Waals surface area contributed by atoms with E-state index < -0.39 is 10.1 Å². The lowest BCUT2D eigenvalue weighted by Crippen LogP contribution is -2.48. The molecule has 0 aliphatic rings. The molecule has 188 valence electrons. The van der Waals surface area contributed by atoms with Crippen LogP contribution in [-0.4, -0.2) is 49.9 Å². The van der Waals surface area contributed by atoms with E-state index in [2.05, 4.69) is 27.9 Å². The van der Waals surface area contributed by atoms with Gasteiger partial charge in [-0.25, -0.2) is 8.42 Å². The number of hydrogen-bond donors (Lipinski definition) is 0. The molecule has 0 amide bonds. The Balaban J connectivity index is 3.39. The maximum atomic E-state index is 10.8. The van der Waals surface area contributed by atoms with Crippen molar-refractivity contribution < 1.29 is 17.5 Å². The lowest BCUT2D eigenvalue weighted by atomic mass is 10.0. The Hall–Kier alpha value is -0.130. The Morgan fingerprint density at radius 2 is 0.968 bits per heavy atom. The minimum absolute atomic E-state index is 0.203. The second kappa shape index (κ2) is 19.3. The van der Waals surface area contributed by atoms with Crippen LogP contribution in [0.3, 0.4) is 0 Å². The molecule has 0 N–H and O–H groups in total. The number of rotatable bonds is 23. The highest BCUT2D eigenvalue weighted by Crippen LogP contribution is 2.16. The van der Waals surface area contributed by atoms with E-state index >= 15 is 0 Å². The highest BCUT2D eigenvalue weighted by Gasteiger charge is 2.23. The molecule has 0 bridgehead atoms. The summed E-state index contributed by atoms with van der Waals surface area (Å²) < 4.78 is 33.3. The number of unbranched alkanes of at least 4 members (excludes halogenated alkanes) is 17. The van der Waals surface area contributed by atoms with Crippen LogP contribution in [0.1, 0.15) is 136 Å². The van der Waals surface area contributed by atoms with Gasteiger partial charge in [-0.1, -0.05) is 110 Å². The zero-order valence-electron chi connectivity index (χ0n) is 21.5. The molecule has 0 spiro atoms. The minimum atomic E-state index is -4.09. The van der Waals surface area contributed by atoms with Crippen LogP contribution in [0.4, 0.5) is 0 Å². The Morgan fingerprint density at radius 3 is 1.29 bits per heavy atom. The third-order valence-electron chi connectivity index (χ3n) is 7.07. The highest BCUT2D eigenvalue weighted by molar-refractivity contribution is 7.85. The minimum Gasteiger partial charge on any atom is -0.748 e. The molecule has 0 aliphatic carbocycles. The summed E-state index contributed by atoms with van der Waals surface area (Å²) in [6.07, 6.45) is 25.4. The van der Waals surface area contributed by atoms with Gasteiger partial charge in [-0.15, -0.1) is 0 Å². The molecule has 0 aromatic rings. The highest BCUT2D eigenvalue weighted by atomic mass is 32.2. The summed E-state index contributed by atoms with van der Waals surface area (Å²) in [5, 5.41) is 0. The van der Waals surface area contributed by atoms with Crippen molar-refractivity contribution in [1.29, 1.82) is 0 Å². The van der Waals surface area contributed by atoms with Crippen LogP contribution in [-0.2, 0) is 10.1 Å². The molecule has 1 atom stereocenters. The fourth-order valence-corrected chi connectivity index (χ4v) is 4.94. The van der Waals surface area contributed by atoms with Crippen LogP contribution in [0.15, 0.2) is 0 Å². The molecular weight excluding hydrogens is 406 g/mol. The van der Waals surface area contributed by atoms with Crippen LogP contribution in [0.2, 0.25) is 0 Å². The Bertz CT molecular complexity index is 491. The second-order valence-corrected chi connectivity index (χ2v) is 11.9. The molecular formula is C26H55NO3S. The van der Waals surface area contributed by atoms with E-state index in [0.29, 0.717) is 6.42 Å². The summed E-state index contributed by atoms with van der Waals surface area (Å²) in [5.74, 6) is -0.241. The van der Waals surface area contributed by atoms with E-state index in [1.54, 1.807) is 0 Å². The average molecular weight is 462 g/mol. The van der Waals surface area contributed by atoms with E-state index in [9.17, 15) is 13.0 Å². The van der Waals surface area contributed by atoms with Crippen LogP contribution in [0, 0.1) is 0 Å². The molecule has 0 aliphatic heterocycles. The van der Waals surface area contributed by atoms with Gasteiger partial charge in [0.2, 0.25) is 0 Å². The molecule has 5 heteroatoms. The third-order valence-corrected chi connectivity index (χ3v) is 7.80. The molecule has 0 unspecified atom stereocenters. The van der Waals surface area contributed by atoms with Crippen molar-refractivity contribution in [1.82, 2.24) is 0 Å². The monoisotopic (exact) mass is 461 g/mol. The Kier molecular flexibility index (Phi) is 19.3. The van der Waals surface area contributed by atoms with Crippen LogP contribution < -0.4 is 0 Å². The van der Waals surface area contributed by atoms with Gasteiger partial charge in [-0.2, -0.15) is 0 Å². The van der Waals surface area contributed by atoms with Gasteiger partial charge in [0, 0.05) is 12.2 Å². The molecule has 0 saturated heterocycles. The molecule has 0 rings (SSSR count). The SMILES string of the molecule is CCCCCCCCCCCCCCCCCCCC[N+](C)(C)[C@@H](C)CCS(=O)(=O)[O-]. The van der Waals surface area contributed by atoms with Crippen molar-refractivity contribution in [2.75, 3.05) is 26.4 Å². The van der Waals surface area contributed by atoms with Crippen LogP contribution in [0.5, 0.6) is 0 Å². The molecule has 0 fully saturated rings. The summed E-state index contributed by atoms with van der Waals surface area (Å²) in [7, 11) is 0.204. The van der Waals surface area contributed by atoms with Gasteiger partial charge in [-0.05, 0) is 19.8 Å². The van der Waals surface area contributed by atoms with Crippen molar-refractivity contribution in [2.24, 2.45) is 0 Å². The zero-order chi connectivity index (χ0) is 23.4. The molecule has 0 aromatic heterocycles. The second-order valence-electron chi connectivity index (χ2n) is 10.4. The molecule has 0 aromatic carbocycles. The van der Waals surface area contributed by atoms with Crippen molar-refractivity contribution in [3.63, 3.8) is 0 Å². The third kappa shape index (κ3) is 21.5. The fraction of sp³-hybridized carbons (Fsp3) is 1.00. The van der Waals surface area contributed by atoms with E-state index in [4.69, 9.17) is 0 Å².